The van der Waals surface area contributed by atoms with E-state index in [1.807, 2.05) is 37.2 Å². The molecule has 1 aliphatic heterocycles. The van der Waals surface area contributed by atoms with E-state index in [2.05, 4.69) is 20.8 Å². The molecule has 3 aromatic rings. The van der Waals surface area contributed by atoms with Gasteiger partial charge >= 0.3 is 0 Å². The average molecular weight is 545 g/mol. The number of ether oxygens (including phenoxy) is 3. The third-order valence-electron chi connectivity index (χ3n) is 7.13. The molecular weight excluding hydrogens is 508 g/mol. The Balaban J connectivity index is 2.00. The van der Waals surface area contributed by atoms with Crippen LogP contribution in [0.25, 0.3) is 5.76 Å². The highest BCUT2D eigenvalue weighted by atomic mass is 16.5. The number of methoxy groups -OCH3 is 3. The zero-order valence-corrected chi connectivity index (χ0v) is 24.2. The molecule has 0 bridgehead atoms. The van der Waals surface area contributed by atoms with Crippen LogP contribution in [0.2, 0.25) is 0 Å². The lowest BCUT2D eigenvalue weighted by atomic mass is 9.85. The molecule has 0 aromatic heterocycles. The van der Waals surface area contributed by atoms with Gasteiger partial charge in [0.1, 0.15) is 11.5 Å². The van der Waals surface area contributed by atoms with E-state index in [4.69, 9.17) is 14.2 Å². The number of hydrogen-bond donors (Lipinski definition) is 1. The summed E-state index contributed by atoms with van der Waals surface area (Å²) >= 11 is 0. The number of amides is 1. The van der Waals surface area contributed by atoms with Crippen molar-refractivity contribution in [1.29, 1.82) is 0 Å². The van der Waals surface area contributed by atoms with Gasteiger partial charge in [0.05, 0.1) is 38.5 Å². The Morgan fingerprint density at radius 2 is 1.43 bits per heavy atom. The highest BCUT2D eigenvalue weighted by Crippen LogP contribution is 2.45. The Labute approximate surface area is 235 Å². The van der Waals surface area contributed by atoms with Gasteiger partial charge in [-0.05, 0) is 65.1 Å². The van der Waals surface area contributed by atoms with Crippen molar-refractivity contribution in [2.45, 2.75) is 32.2 Å². The number of hydrogen-bond acceptors (Lipinski definition) is 7. The minimum atomic E-state index is -0.937. The van der Waals surface area contributed by atoms with Crippen molar-refractivity contribution in [1.82, 2.24) is 0 Å². The molecule has 0 aliphatic carbocycles. The highest BCUT2D eigenvalue weighted by Gasteiger charge is 2.47. The first kappa shape index (κ1) is 28.5. The van der Waals surface area contributed by atoms with Gasteiger partial charge in [-0.25, -0.2) is 0 Å². The van der Waals surface area contributed by atoms with Gasteiger partial charge in [-0.15, -0.1) is 0 Å². The molecule has 1 atom stereocenters. The second-order valence-corrected chi connectivity index (χ2v) is 10.9. The van der Waals surface area contributed by atoms with Crippen LogP contribution in [-0.4, -0.2) is 52.2 Å². The van der Waals surface area contributed by atoms with Crippen LogP contribution in [0.15, 0.2) is 66.2 Å². The number of benzene rings is 3. The Morgan fingerprint density at radius 1 is 0.825 bits per heavy atom. The second-order valence-electron chi connectivity index (χ2n) is 10.9. The molecule has 1 aliphatic rings. The van der Waals surface area contributed by atoms with Crippen LogP contribution in [0.1, 0.15) is 43.5 Å². The molecule has 0 saturated carbocycles. The van der Waals surface area contributed by atoms with E-state index in [1.54, 1.807) is 42.5 Å². The predicted octanol–water partition coefficient (Wildman–Crippen LogP) is 5.70. The van der Waals surface area contributed by atoms with Gasteiger partial charge in [-0.1, -0.05) is 32.9 Å². The zero-order valence-electron chi connectivity index (χ0n) is 24.2. The summed E-state index contributed by atoms with van der Waals surface area (Å²) < 4.78 is 16.5. The second kappa shape index (κ2) is 11.0. The largest absolute Gasteiger partial charge is 0.507 e. The number of carbonyl (C=O) groups excluding carboxylic acids is 2. The van der Waals surface area contributed by atoms with Crippen LogP contribution >= 0.6 is 0 Å². The predicted molar refractivity (Wildman–Crippen MR) is 157 cm³/mol. The SMILES string of the molecule is COc1ccc(C2/C(=C(\O)c3cc(C(C)(C)C)ccc3OC)C(=O)C(=O)N2c2ccc(N(C)C)cc2)cc1OC. The Hall–Kier alpha value is -4.46. The summed E-state index contributed by atoms with van der Waals surface area (Å²) in [7, 11) is 8.39. The minimum absolute atomic E-state index is 0.0433. The molecule has 1 amide bonds. The van der Waals surface area contributed by atoms with Crippen molar-refractivity contribution in [3.8, 4) is 17.2 Å². The molecule has 8 heteroatoms. The standard InChI is InChI=1S/C32H36N2O6/c1-32(2,3)20-10-16-24(38-6)23(18-20)29(35)27-28(19-9-15-25(39-7)26(17-19)40-8)34(31(37)30(27)36)22-13-11-21(12-14-22)33(4)5/h9-18,28,35H,1-8H3/b29-27+. The number of Topliss-reactive ketones (excluding diaryl/α,β-unsaturated/α-hetero) is 1. The lowest BCUT2D eigenvalue weighted by Crippen LogP contribution is -2.29. The molecule has 1 unspecified atom stereocenters. The van der Waals surface area contributed by atoms with Crippen molar-refractivity contribution in [2.24, 2.45) is 0 Å². The van der Waals surface area contributed by atoms with Gasteiger partial charge in [0, 0.05) is 25.5 Å². The van der Waals surface area contributed by atoms with E-state index >= 15 is 0 Å². The smallest absolute Gasteiger partial charge is 0.300 e. The van der Waals surface area contributed by atoms with Crippen molar-refractivity contribution in [3.63, 3.8) is 0 Å². The quantitative estimate of drug-likeness (QED) is 0.232. The maximum Gasteiger partial charge on any atom is 0.300 e. The number of carbonyl (C=O) groups is 2. The van der Waals surface area contributed by atoms with Crippen molar-refractivity contribution >= 4 is 28.8 Å². The number of ketones is 1. The average Bonchev–Trinajstić information content (AvgIpc) is 3.21. The summed E-state index contributed by atoms with van der Waals surface area (Å²) in [6, 6.07) is 17.1. The van der Waals surface area contributed by atoms with Crippen LogP contribution in [0.3, 0.4) is 0 Å². The Morgan fingerprint density at radius 3 is 1.98 bits per heavy atom. The number of nitrogens with zero attached hydrogens (tertiary/aromatic N) is 2. The minimum Gasteiger partial charge on any atom is -0.507 e. The fourth-order valence-corrected chi connectivity index (χ4v) is 4.85. The van der Waals surface area contributed by atoms with Gasteiger partial charge in [-0.3, -0.25) is 14.5 Å². The van der Waals surface area contributed by atoms with Crippen LogP contribution in [0.4, 0.5) is 11.4 Å². The zero-order chi connectivity index (χ0) is 29.4. The van der Waals surface area contributed by atoms with Gasteiger partial charge in [-0.2, -0.15) is 0 Å². The van der Waals surface area contributed by atoms with Gasteiger partial charge in [0.25, 0.3) is 11.7 Å². The third-order valence-corrected chi connectivity index (χ3v) is 7.13. The topological polar surface area (TPSA) is 88.5 Å². The lowest BCUT2D eigenvalue weighted by Gasteiger charge is -2.27. The number of aliphatic hydroxyl groups excluding tert-OH is 1. The van der Waals surface area contributed by atoms with E-state index in [0.29, 0.717) is 34.1 Å². The normalized spacial score (nSPS) is 16.7. The molecule has 1 N–H and O–H groups in total. The molecule has 4 rings (SSSR count). The molecule has 1 heterocycles. The molecular formula is C32H36N2O6. The first-order valence-corrected chi connectivity index (χ1v) is 12.9. The summed E-state index contributed by atoms with van der Waals surface area (Å²) in [4.78, 5) is 30.7. The fraction of sp³-hybridized carbons (Fsp3) is 0.312. The maximum absolute atomic E-state index is 13.7. The summed E-state index contributed by atoms with van der Waals surface area (Å²) in [6.07, 6.45) is 0. The van der Waals surface area contributed by atoms with Crippen molar-refractivity contribution < 1.29 is 28.9 Å². The third kappa shape index (κ3) is 5.09. The lowest BCUT2D eigenvalue weighted by molar-refractivity contribution is -0.132. The van der Waals surface area contributed by atoms with E-state index in [0.717, 1.165) is 11.3 Å². The highest BCUT2D eigenvalue weighted by molar-refractivity contribution is 6.51. The molecule has 1 saturated heterocycles. The Kier molecular flexibility index (Phi) is 7.82. The maximum atomic E-state index is 13.7. The molecule has 210 valence electrons. The van der Waals surface area contributed by atoms with Crippen LogP contribution < -0.4 is 24.0 Å². The van der Waals surface area contributed by atoms with E-state index < -0.39 is 17.7 Å². The molecule has 40 heavy (non-hydrogen) atoms. The van der Waals surface area contributed by atoms with Crippen LogP contribution in [-0.2, 0) is 15.0 Å². The van der Waals surface area contributed by atoms with Crippen molar-refractivity contribution in [2.75, 3.05) is 45.2 Å². The Bertz CT molecular complexity index is 1470. The van der Waals surface area contributed by atoms with Gasteiger partial charge in [0.15, 0.2) is 11.5 Å². The molecule has 8 nitrogen and oxygen atoms in total. The van der Waals surface area contributed by atoms with E-state index in [1.165, 1.54) is 26.2 Å². The van der Waals surface area contributed by atoms with Gasteiger partial charge in [0.2, 0.25) is 0 Å². The number of rotatable bonds is 7. The summed E-state index contributed by atoms with van der Waals surface area (Å²) in [5.41, 5.74) is 3.02. The fourth-order valence-electron chi connectivity index (χ4n) is 4.85. The molecule has 3 aromatic carbocycles. The van der Waals surface area contributed by atoms with Crippen LogP contribution in [0, 0.1) is 0 Å². The van der Waals surface area contributed by atoms with E-state index in [9.17, 15) is 14.7 Å². The summed E-state index contributed by atoms with van der Waals surface area (Å²) in [5, 5.41) is 11.8. The van der Waals surface area contributed by atoms with Crippen molar-refractivity contribution in [3.05, 3.63) is 82.9 Å². The van der Waals surface area contributed by atoms with E-state index in [-0.39, 0.29) is 16.7 Å². The molecule has 0 radical (unpaired) electrons. The number of aliphatic hydroxyl groups is 1. The monoisotopic (exact) mass is 544 g/mol. The van der Waals surface area contributed by atoms with Crippen LogP contribution in [0.5, 0.6) is 17.2 Å². The molecule has 0 spiro atoms. The first-order valence-electron chi connectivity index (χ1n) is 12.9. The number of anilines is 2. The van der Waals surface area contributed by atoms with Gasteiger partial charge < -0.3 is 24.2 Å². The first-order chi connectivity index (χ1) is 18.9. The summed E-state index contributed by atoms with van der Waals surface area (Å²) in [5.74, 6) is -0.535. The summed E-state index contributed by atoms with van der Waals surface area (Å²) in [6.45, 7) is 6.16. The molecule has 1 fully saturated rings.